The van der Waals surface area contributed by atoms with E-state index in [1.54, 1.807) is 24.3 Å². The summed E-state index contributed by atoms with van der Waals surface area (Å²) < 4.78 is 79.0. The summed E-state index contributed by atoms with van der Waals surface area (Å²) in [5.74, 6) is 0. The van der Waals surface area contributed by atoms with Gasteiger partial charge in [0, 0.05) is 76.3 Å². The molecule has 0 N–H and O–H groups in total. The van der Waals surface area contributed by atoms with Crippen LogP contribution in [0.15, 0.2) is 291 Å². The van der Waals surface area contributed by atoms with E-state index in [9.17, 15) is 0 Å². The van der Waals surface area contributed by atoms with Crippen molar-refractivity contribution in [2.24, 2.45) is 28.2 Å². The Hall–Kier alpha value is -12.6. The van der Waals surface area contributed by atoms with Crippen LogP contribution >= 0.6 is 0 Å². The van der Waals surface area contributed by atoms with Crippen molar-refractivity contribution >= 4 is 132 Å². The molecule has 11 aromatic carbocycles. The SMILES string of the molecule is Cc1ccccc1-c1ccc2c3c(ccc4ccccc43)oc2[n+]1C.Cc1ccccc1-c1ccc2c3cc4ccccc4cc3oc2[n+]1C.[2H]C([2H])([2H])c1ccc(-c2ccc3c4cc5ccccc5cc4oc3[n+]2C)c(C)c1.[2H]C([2H])([2H])c1ccc(-c2ccc3c4cc5ccccc5nc4oc3[n+]2C)c(C)c1. The van der Waals surface area contributed by atoms with Crippen LogP contribution in [0.1, 0.15) is 41.6 Å². The van der Waals surface area contributed by atoms with Gasteiger partial charge in [-0.1, -0.05) is 169 Å². The largest absolute Gasteiger partial charge is 0.404 e. The van der Waals surface area contributed by atoms with Gasteiger partial charge in [-0.05, 0) is 187 Å². The van der Waals surface area contributed by atoms with Crippen LogP contribution in [-0.2, 0) is 28.2 Å². The van der Waals surface area contributed by atoms with Crippen LogP contribution in [0.25, 0.3) is 177 Å². The zero-order chi connectivity index (χ0) is 74.6. The Labute approximate surface area is 598 Å². The monoisotopic (exact) mass is 1330 g/mol. The fraction of sp³-hybridized carbons (Fsp3) is 0.108. The number of hydrogen-bond donors (Lipinski definition) is 0. The van der Waals surface area contributed by atoms with Crippen molar-refractivity contribution in [2.45, 2.75) is 41.4 Å². The topological polar surface area (TPSA) is 81.0 Å². The van der Waals surface area contributed by atoms with Crippen molar-refractivity contribution in [3.05, 3.63) is 306 Å². The molecule has 0 radical (unpaired) electrons. The highest BCUT2D eigenvalue weighted by molar-refractivity contribution is 6.18. The van der Waals surface area contributed by atoms with Crippen LogP contribution in [0.5, 0.6) is 0 Å². The van der Waals surface area contributed by atoms with Gasteiger partial charge in [-0.15, -0.1) is 0 Å². The molecule has 0 aliphatic carbocycles. The van der Waals surface area contributed by atoms with Crippen molar-refractivity contribution in [2.75, 3.05) is 0 Å². The average molecular weight is 1330 g/mol. The van der Waals surface area contributed by atoms with Crippen LogP contribution in [0, 0.1) is 41.4 Å². The van der Waals surface area contributed by atoms with Crippen molar-refractivity contribution in [1.29, 1.82) is 0 Å². The van der Waals surface area contributed by atoms with E-state index in [4.69, 9.17) is 25.9 Å². The summed E-state index contributed by atoms with van der Waals surface area (Å²) in [6.45, 7) is 3.95. The molecule has 0 aliphatic heterocycles. The zero-order valence-electron chi connectivity index (χ0n) is 63.8. The number of fused-ring (bicyclic) bond motifs is 17. The Kier molecular flexibility index (Phi) is 14.0. The number of aromatic nitrogens is 5. The smallest absolute Gasteiger partial charge is 0.383 e. The minimum atomic E-state index is -2.11. The number of aryl methyl sites for hydroxylation is 10. The first kappa shape index (κ1) is 56.3. The molecule has 492 valence electrons. The van der Waals surface area contributed by atoms with Gasteiger partial charge < -0.3 is 17.7 Å². The molecular weight excluding hydrogens is 1250 g/mol. The highest BCUT2D eigenvalue weighted by atomic mass is 16.4. The van der Waals surface area contributed by atoms with Gasteiger partial charge in [0.05, 0.1) is 27.1 Å². The first-order valence-corrected chi connectivity index (χ1v) is 34.3. The minimum Gasteiger partial charge on any atom is -0.404 e. The number of para-hydroxylation sites is 1. The molecule has 0 bridgehead atoms. The number of rotatable bonds is 4. The summed E-state index contributed by atoms with van der Waals surface area (Å²) in [5, 5.41) is 17.1. The predicted octanol–water partition coefficient (Wildman–Crippen LogP) is 22.2. The summed E-state index contributed by atoms with van der Waals surface area (Å²) in [6.07, 6.45) is 0. The molecule has 0 spiro atoms. The van der Waals surface area contributed by atoms with Gasteiger partial charge in [0.1, 0.15) is 50.3 Å². The van der Waals surface area contributed by atoms with Crippen molar-refractivity contribution in [3.8, 4) is 45.0 Å². The molecule has 9 heteroatoms. The highest BCUT2D eigenvalue weighted by Crippen LogP contribution is 2.38. The lowest BCUT2D eigenvalue weighted by atomic mass is 10.0. The lowest BCUT2D eigenvalue weighted by Crippen LogP contribution is -2.31. The summed E-state index contributed by atoms with van der Waals surface area (Å²) in [6, 6.07) is 92.6. The molecule has 0 amide bonds. The van der Waals surface area contributed by atoms with Crippen LogP contribution in [0.4, 0.5) is 0 Å². The lowest BCUT2D eigenvalue weighted by Gasteiger charge is -2.05. The molecular formula is C93H75N5O4+4. The summed E-state index contributed by atoms with van der Waals surface area (Å²) >= 11 is 0. The Morgan fingerprint density at radius 1 is 0.275 bits per heavy atom. The number of nitrogens with zero attached hydrogens (tertiary/aromatic N) is 5. The molecule has 0 saturated carbocycles. The van der Waals surface area contributed by atoms with Gasteiger partial charge in [-0.25, -0.2) is 4.98 Å². The Morgan fingerprint density at radius 3 is 1.15 bits per heavy atom. The first-order chi connectivity index (χ1) is 52.1. The third kappa shape index (κ3) is 10.9. The van der Waals surface area contributed by atoms with Gasteiger partial charge in [-0.3, -0.25) is 0 Å². The van der Waals surface area contributed by atoms with E-state index in [1.165, 1.54) is 60.0 Å². The standard InChI is InChI=1S/C24H20NO.C23H19N2O.2C23H18NO/c1-15-8-9-19(16(2)12-15)22-11-10-20-21-13-17-6-4-5-7-18(17)14-23(21)26-24(20)25(22)3;1-14-8-9-17(15(2)12-14)21-11-10-18-19-13-16-6-4-5-7-20(16)24-22(19)26-23(18)25(21)3;1-15-7-3-6-10-18(15)21-12-11-19-20-13-16-8-4-5-9-17(16)14-22(20)25-23(19)24(21)2;1-15-7-3-5-9-17(15)20-13-12-19-22-18-10-6-4-8-16(18)11-14-21(22)25-23(19)24(20)2/h4-14H,1-3H3;4-13H,1-3H3;2*3-14H,1-2H3/q4*+1/i2*1D3;;. The summed E-state index contributed by atoms with van der Waals surface area (Å²) in [4.78, 5) is 4.67. The Morgan fingerprint density at radius 2 is 0.657 bits per heavy atom. The maximum atomic E-state index is 7.63. The second-order valence-electron chi connectivity index (χ2n) is 26.7. The molecule has 9 heterocycles. The third-order valence-electron chi connectivity index (χ3n) is 20.3. The van der Waals surface area contributed by atoms with E-state index in [-0.39, 0.29) is 0 Å². The Bertz CT molecular complexity index is 6820. The van der Waals surface area contributed by atoms with Gasteiger partial charge in [0.25, 0.3) is 0 Å². The Balaban J connectivity index is 0.000000106. The molecule has 0 atom stereocenters. The van der Waals surface area contributed by atoms with Gasteiger partial charge in [0.15, 0.2) is 0 Å². The molecule has 0 saturated heterocycles. The molecule has 0 fully saturated rings. The lowest BCUT2D eigenvalue weighted by molar-refractivity contribution is -0.640. The van der Waals surface area contributed by atoms with Gasteiger partial charge >= 0.3 is 22.9 Å². The quantitative estimate of drug-likeness (QED) is 0.164. The van der Waals surface area contributed by atoms with E-state index >= 15 is 0 Å². The van der Waals surface area contributed by atoms with Gasteiger partial charge in [-0.2, -0.15) is 18.3 Å². The number of benzene rings is 11. The maximum Gasteiger partial charge on any atom is 0.383 e. The van der Waals surface area contributed by atoms with Crippen molar-refractivity contribution < 1.29 is 44.2 Å². The van der Waals surface area contributed by atoms with Crippen LogP contribution in [0.2, 0.25) is 0 Å². The van der Waals surface area contributed by atoms with E-state index in [2.05, 4.69) is 230 Å². The number of furan rings is 4. The molecule has 0 unspecified atom stereocenters. The van der Waals surface area contributed by atoms with E-state index in [1.807, 2.05) is 97.7 Å². The zero-order valence-corrected chi connectivity index (χ0v) is 57.8. The van der Waals surface area contributed by atoms with Crippen LogP contribution < -0.4 is 18.3 Å². The summed E-state index contributed by atoms with van der Waals surface area (Å²) in [5.41, 5.74) is 21.4. The predicted molar refractivity (Wildman–Crippen MR) is 418 cm³/mol. The molecule has 9 aromatic heterocycles. The van der Waals surface area contributed by atoms with Crippen molar-refractivity contribution in [1.82, 2.24) is 4.98 Å². The van der Waals surface area contributed by atoms with E-state index < -0.39 is 13.7 Å². The van der Waals surface area contributed by atoms with E-state index in [0.29, 0.717) is 16.8 Å². The number of pyridine rings is 5. The second kappa shape index (κ2) is 25.3. The minimum absolute atomic E-state index is 0.349. The van der Waals surface area contributed by atoms with Crippen LogP contribution in [0.3, 0.4) is 0 Å². The molecule has 20 rings (SSSR count). The third-order valence-corrected chi connectivity index (χ3v) is 20.3. The summed E-state index contributed by atoms with van der Waals surface area (Å²) in [7, 11) is 8.09. The van der Waals surface area contributed by atoms with Crippen molar-refractivity contribution in [3.63, 3.8) is 0 Å². The first-order valence-electron chi connectivity index (χ1n) is 37.3. The molecule has 9 nitrogen and oxygen atoms in total. The molecule has 0 aliphatic rings. The average Bonchev–Trinajstić information content (AvgIpc) is 1.60. The molecule has 102 heavy (non-hydrogen) atoms. The van der Waals surface area contributed by atoms with Gasteiger partial charge in [0.2, 0.25) is 28.5 Å². The van der Waals surface area contributed by atoms with Crippen LogP contribution in [-0.4, -0.2) is 4.98 Å². The fourth-order valence-electron chi connectivity index (χ4n) is 15.0. The highest BCUT2D eigenvalue weighted by Gasteiger charge is 2.27. The van der Waals surface area contributed by atoms with E-state index in [0.717, 1.165) is 133 Å². The molecule has 20 aromatic rings. The normalized spacial score (nSPS) is 12.7. The number of hydrogen-bond acceptors (Lipinski definition) is 5. The fourth-order valence-corrected chi connectivity index (χ4v) is 15.0. The second-order valence-corrected chi connectivity index (χ2v) is 26.7. The maximum absolute atomic E-state index is 7.63.